The van der Waals surface area contributed by atoms with Gasteiger partial charge in [0.25, 0.3) is 5.91 Å². The molecule has 4 aromatic rings. The van der Waals surface area contributed by atoms with Gasteiger partial charge < -0.3 is 14.8 Å². The maximum absolute atomic E-state index is 12.8. The van der Waals surface area contributed by atoms with Crippen molar-refractivity contribution in [2.75, 3.05) is 19.5 Å². The number of hydrogen-bond acceptors (Lipinski definition) is 5. The monoisotopic (exact) mass is 402 g/mol. The molecule has 1 amide bonds. The lowest BCUT2D eigenvalue weighted by atomic mass is 10.1. The summed E-state index contributed by atoms with van der Waals surface area (Å²) < 4.78 is 12.3. The molecule has 4 rings (SSSR count). The maximum atomic E-state index is 12.8. The fourth-order valence-corrected chi connectivity index (χ4v) is 3.25. The summed E-state index contributed by atoms with van der Waals surface area (Å²) in [5, 5.41) is 11.4. The summed E-state index contributed by atoms with van der Waals surface area (Å²) in [5.74, 6) is 1.19. The second-order valence-corrected chi connectivity index (χ2v) is 6.96. The van der Waals surface area contributed by atoms with Gasteiger partial charge in [-0.15, -0.1) is 5.10 Å². The number of hydrogen-bond donors (Lipinski definition) is 1. The maximum Gasteiger partial charge on any atom is 0.255 e. The van der Waals surface area contributed by atoms with E-state index in [9.17, 15) is 4.79 Å². The molecule has 0 radical (unpaired) electrons. The van der Waals surface area contributed by atoms with Gasteiger partial charge in [-0.2, -0.15) is 0 Å². The molecular formula is C23H22N4O3. The van der Waals surface area contributed by atoms with Crippen LogP contribution in [-0.2, 0) is 6.54 Å². The lowest BCUT2D eigenvalue weighted by Gasteiger charge is -2.11. The summed E-state index contributed by atoms with van der Waals surface area (Å²) in [5.41, 5.74) is 4.76. The van der Waals surface area contributed by atoms with Crippen molar-refractivity contribution in [3.8, 4) is 11.5 Å². The number of ether oxygens (including phenoxy) is 2. The molecule has 0 spiro atoms. The van der Waals surface area contributed by atoms with E-state index in [4.69, 9.17) is 9.47 Å². The van der Waals surface area contributed by atoms with E-state index >= 15 is 0 Å². The van der Waals surface area contributed by atoms with Gasteiger partial charge in [0.05, 0.1) is 32.0 Å². The predicted molar refractivity (Wildman–Crippen MR) is 115 cm³/mol. The third kappa shape index (κ3) is 3.96. The summed E-state index contributed by atoms with van der Waals surface area (Å²) in [4.78, 5) is 12.8. The van der Waals surface area contributed by atoms with Crippen LogP contribution < -0.4 is 14.8 Å². The van der Waals surface area contributed by atoms with Gasteiger partial charge in [-0.3, -0.25) is 4.79 Å². The van der Waals surface area contributed by atoms with Gasteiger partial charge in [0.1, 0.15) is 17.0 Å². The number of benzene rings is 3. The minimum absolute atomic E-state index is 0.231. The minimum atomic E-state index is -0.231. The Morgan fingerprint density at radius 3 is 2.53 bits per heavy atom. The van der Waals surface area contributed by atoms with Crippen LogP contribution in [0.3, 0.4) is 0 Å². The summed E-state index contributed by atoms with van der Waals surface area (Å²) >= 11 is 0. The Morgan fingerprint density at radius 2 is 1.80 bits per heavy atom. The quantitative estimate of drug-likeness (QED) is 0.526. The highest BCUT2D eigenvalue weighted by molar-refractivity contribution is 6.06. The van der Waals surface area contributed by atoms with Crippen LogP contribution in [0.15, 0.2) is 60.7 Å². The van der Waals surface area contributed by atoms with Gasteiger partial charge in [0, 0.05) is 5.56 Å². The number of anilines is 1. The van der Waals surface area contributed by atoms with Crippen LogP contribution >= 0.6 is 0 Å². The molecule has 0 unspecified atom stereocenters. The van der Waals surface area contributed by atoms with Gasteiger partial charge in [-0.05, 0) is 60.5 Å². The van der Waals surface area contributed by atoms with Crippen LogP contribution in [0.1, 0.15) is 21.5 Å². The van der Waals surface area contributed by atoms with Crippen LogP contribution in [0.4, 0.5) is 5.69 Å². The molecule has 0 aliphatic carbocycles. The number of methoxy groups -OCH3 is 2. The number of carbonyl (C=O) groups excluding carboxylic acids is 1. The molecule has 0 atom stereocenters. The van der Waals surface area contributed by atoms with E-state index < -0.39 is 0 Å². The normalized spacial score (nSPS) is 10.8. The van der Waals surface area contributed by atoms with Crippen LogP contribution in [0, 0.1) is 6.92 Å². The number of amides is 1. The number of aryl methyl sites for hydroxylation is 1. The number of nitrogens with one attached hydrogen (secondary N) is 1. The zero-order valence-corrected chi connectivity index (χ0v) is 17.0. The van der Waals surface area contributed by atoms with Gasteiger partial charge in [-0.1, -0.05) is 23.4 Å². The molecule has 7 heteroatoms. The highest BCUT2D eigenvalue weighted by atomic mass is 16.5. The molecule has 0 fully saturated rings. The molecule has 7 nitrogen and oxygen atoms in total. The highest BCUT2D eigenvalue weighted by Crippen LogP contribution is 2.26. The Balaban J connectivity index is 1.55. The standard InChI is InChI=1S/C23H22N4O3/c1-15-4-11-22(30-3)20(12-15)24-23(28)17-7-10-21-19(13-17)25-26-27(21)14-16-5-8-18(29-2)9-6-16/h4-13H,14H2,1-3H3,(H,24,28). The number of carbonyl (C=O) groups is 1. The van der Waals surface area contributed by atoms with Crippen LogP contribution in [-0.4, -0.2) is 35.1 Å². The fraction of sp³-hybridized carbons (Fsp3) is 0.174. The van der Waals surface area contributed by atoms with Crippen molar-refractivity contribution < 1.29 is 14.3 Å². The molecule has 0 bridgehead atoms. The first kappa shape index (κ1) is 19.4. The second-order valence-electron chi connectivity index (χ2n) is 6.96. The van der Waals surface area contributed by atoms with E-state index in [0.717, 1.165) is 22.4 Å². The first-order chi connectivity index (χ1) is 14.6. The number of nitrogens with zero attached hydrogens (tertiary/aromatic N) is 3. The molecule has 30 heavy (non-hydrogen) atoms. The van der Waals surface area contributed by atoms with E-state index in [0.29, 0.717) is 29.1 Å². The molecule has 0 aliphatic heterocycles. The fourth-order valence-electron chi connectivity index (χ4n) is 3.25. The van der Waals surface area contributed by atoms with Gasteiger partial charge in [-0.25, -0.2) is 4.68 Å². The molecule has 1 N–H and O–H groups in total. The Morgan fingerprint density at radius 1 is 1.00 bits per heavy atom. The summed E-state index contributed by atoms with van der Waals surface area (Å²) in [7, 11) is 3.22. The average molecular weight is 402 g/mol. The lowest BCUT2D eigenvalue weighted by Crippen LogP contribution is -2.12. The van der Waals surface area contributed by atoms with Crippen molar-refractivity contribution in [2.45, 2.75) is 13.5 Å². The summed E-state index contributed by atoms with van der Waals surface area (Å²) in [6, 6.07) is 18.8. The average Bonchev–Trinajstić information content (AvgIpc) is 3.16. The van der Waals surface area contributed by atoms with E-state index in [2.05, 4.69) is 15.6 Å². The van der Waals surface area contributed by atoms with Gasteiger partial charge in [0.2, 0.25) is 0 Å². The van der Waals surface area contributed by atoms with Gasteiger partial charge >= 0.3 is 0 Å². The number of aromatic nitrogens is 3. The molecule has 0 saturated carbocycles. The van der Waals surface area contributed by atoms with Crippen molar-refractivity contribution in [3.05, 3.63) is 77.4 Å². The zero-order valence-electron chi connectivity index (χ0n) is 17.0. The van der Waals surface area contributed by atoms with E-state index in [-0.39, 0.29) is 5.91 Å². The van der Waals surface area contributed by atoms with E-state index in [1.54, 1.807) is 26.4 Å². The smallest absolute Gasteiger partial charge is 0.255 e. The van der Waals surface area contributed by atoms with E-state index in [1.807, 2.05) is 60.1 Å². The van der Waals surface area contributed by atoms with Crippen molar-refractivity contribution in [1.82, 2.24) is 15.0 Å². The summed E-state index contributed by atoms with van der Waals surface area (Å²) in [6.07, 6.45) is 0. The van der Waals surface area contributed by atoms with Crippen LogP contribution in [0.2, 0.25) is 0 Å². The topological polar surface area (TPSA) is 78.3 Å². The largest absolute Gasteiger partial charge is 0.497 e. The summed E-state index contributed by atoms with van der Waals surface area (Å²) in [6.45, 7) is 2.54. The first-order valence-electron chi connectivity index (χ1n) is 9.49. The van der Waals surface area contributed by atoms with Crippen molar-refractivity contribution in [1.29, 1.82) is 0 Å². The zero-order chi connectivity index (χ0) is 21.1. The molecular weight excluding hydrogens is 380 g/mol. The van der Waals surface area contributed by atoms with Crippen LogP contribution in [0.5, 0.6) is 11.5 Å². The Hall–Kier alpha value is -3.87. The SMILES string of the molecule is COc1ccc(Cn2nnc3cc(C(=O)Nc4cc(C)ccc4OC)ccc32)cc1. The molecule has 0 aliphatic rings. The van der Waals surface area contributed by atoms with E-state index in [1.165, 1.54) is 0 Å². The predicted octanol–water partition coefficient (Wildman–Crippen LogP) is 4.06. The molecule has 1 aromatic heterocycles. The number of fused-ring (bicyclic) bond motifs is 1. The van der Waals surface area contributed by atoms with Crippen molar-refractivity contribution in [3.63, 3.8) is 0 Å². The van der Waals surface area contributed by atoms with Gasteiger partial charge in [0.15, 0.2) is 0 Å². The lowest BCUT2D eigenvalue weighted by molar-refractivity contribution is 0.102. The third-order valence-corrected chi connectivity index (χ3v) is 4.87. The number of rotatable bonds is 6. The third-order valence-electron chi connectivity index (χ3n) is 4.87. The Bertz CT molecular complexity index is 1200. The minimum Gasteiger partial charge on any atom is -0.497 e. The Labute approximate surface area is 174 Å². The molecule has 1 heterocycles. The molecule has 0 saturated heterocycles. The first-order valence-corrected chi connectivity index (χ1v) is 9.49. The van der Waals surface area contributed by atoms with Crippen LogP contribution in [0.25, 0.3) is 11.0 Å². The highest BCUT2D eigenvalue weighted by Gasteiger charge is 2.13. The second kappa shape index (κ2) is 8.24. The Kier molecular flexibility index (Phi) is 5.34. The van der Waals surface area contributed by atoms with Crippen molar-refractivity contribution >= 4 is 22.6 Å². The van der Waals surface area contributed by atoms with Crippen molar-refractivity contribution in [2.24, 2.45) is 0 Å². The molecule has 3 aromatic carbocycles. The molecule has 152 valence electrons.